The van der Waals surface area contributed by atoms with Crippen molar-refractivity contribution in [2.75, 3.05) is 0 Å². The SMILES string of the molecule is N#Cc1ccc(C#N)c(-n2c3ccccc3c3cc(-c4ccc5c6ccccc6n(-c6ccccc6)c5c4)ccc32)c1. The Morgan fingerprint density at radius 1 is 0.429 bits per heavy atom. The number of rotatable bonds is 3. The summed E-state index contributed by atoms with van der Waals surface area (Å²) in [5.41, 5.74) is 9.47. The van der Waals surface area contributed by atoms with Gasteiger partial charge in [0, 0.05) is 27.2 Å². The number of para-hydroxylation sites is 3. The molecule has 0 bridgehead atoms. The molecule has 8 aromatic rings. The summed E-state index contributed by atoms with van der Waals surface area (Å²) in [7, 11) is 0. The zero-order chi connectivity index (χ0) is 28.2. The molecule has 0 saturated carbocycles. The van der Waals surface area contributed by atoms with Crippen LogP contribution in [0, 0.1) is 22.7 Å². The molecule has 0 spiro atoms. The van der Waals surface area contributed by atoms with E-state index in [1.165, 1.54) is 16.3 Å². The number of fused-ring (bicyclic) bond motifs is 6. The summed E-state index contributed by atoms with van der Waals surface area (Å²) in [6.45, 7) is 0. The molecule has 0 radical (unpaired) electrons. The Labute approximate surface area is 242 Å². The van der Waals surface area contributed by atoms with Crippen molar-refractivity contribution >= 4 is 43.6 Å². The maximum absolute atomic E-state index is 9.91. The Balaban J connectivity index is 1.38. The van der Waals surface area contributed by atoms with Gasteiger partial charge in [0.05, 0.1) is 45.0 Å². The van der Waals surface area contributed by atoms with E-state index in [1.807, 2.05) is 18.2 Å². The number of hydrogen-bond donors (Lipinski definition) is 0. The number of nitriles is 2. The van der Waals surface area contributed by atoms with E-state index in [0.717, 1.165) is 44.1 Å². The fraction of sp³-hybridized carbons (Fsp3) is 0. The molecule has 8 rings (SSSR count). The standard InChI is InChI=1S/C38H22N4/c39-23-25-14-15-28(24-40)37(20-25)42-35-13-7-5-11-31(35)33-21-26(17-19-36(33)42)27-16-18-32-30-10-4-6-12-34(30)41(38(32)22-27)29-8-2-1-3-9-29/h1-22H. The molecular formula is C38H22N4. The van der Waals surface area contributed by atoms with Gasteiger partial charge in [0.2, 0.25) is 0 Å². The molecule has 0 aliphatic carbocycles. The van der Waals surface area contributed by atoms with Gasteiger partial charge in [0.1, 0.15) is 6.07 Å². The molecule has 0 aliphatic rings. The van der Waals surface area contributed by atoms with Crippen molar-refractivity contribution in [3.8, 4) is 34.6 Å². The van der Waals surface area contributed by atoms with E-state index in [1.54, 1.807) is 18.2 Å². The van der Waals surface area contributed by atoms with Crippen LogP contribution in [0.2, 0.25) is 0 Å². The van der Waals surface area contributed by atoms with Crippen molar-refractivity contribution in [2.45, 2.75) is 0 Å². The largest absolute Gasteiger partial charge is 0.309 e. The lowest BCUT2D eigenvalue weighted by atomic mass is 10.0. The van der Waals surface area contributed by atoms with Gasteiger partial charge < -0.3 is 9.13 Å². The van der Waals surface area contributed by atoms with Crippen molar-refractivity contribution in [2.24, 2.45) is 0 Å². The Morgan fingerprint density at radius 2 is 1.05 bits per heavy atom. The molecule has 2 heterocycles. The third kappa shape index (κ3) is 3.47. The molecule has 6 aromatic carbocycles. The molecule has 0 N–H and O–H groups in total. The highest BCUT2D eigenvalue weighted by atomic mass is 15.0. The van der Waals surface area contributed by atoms with Crippen molar-refractivity contribution in [1.82, 2.24) is 9.13 Å². The molecule has 2 aromatic heterocycles. The average Bonchev–Trinajstić information content (AvgIpc) is 3.57. The zero-order valence-electron chi connectivity index (χ0n) is 22.5. The topological polar surface area (TPSA) is 57.4 Å². The first-order valence-electron chi connectivity index (χ1n) is 13.8. The van der Waals surface area contributed by atoms with Gasteiger partial charge in [-0.2, -0.15) is 10.5 Å². The van der Waals surface area contributed by atoms with E-state index in [0.29, 0.717) is 16.8 Å². The van der Waals surface area contributed by atoms with Gasteiger partial charge in [-0.1, -0.05) is 72.8 Å². The van der Waals surface area contributed by atoms with E-state index < -0.39 is 0 Å². The van der Waals surface area contributed by atoms with Gasteiger partial charge in [-0.05, 0) is 71.8 Å². The lowest BCUT2D eigenvalue weighted by Gasteiger charge is -2.11. The van der Waals surface area contributed by atoms with Crippen molar-refractivity contribution < 1.29 is 0 Å². The van der Waals surface area contributed by atoms with Gasteiger partial charge in [-0.3, -0.25) is 0 Å². The maximum Gasteiger partial charge on any atom is 0.101 e. The molecule has 0 amide bonds. The van der Waals surface area contributed by atoms with Crippen molar-refractivity contribution in [3.63, 3.8) is 0 Å². The first-order chi connectivity index (χ1) is 20.7. The molecule has 0 saturated heterocycles. The Morgan fingerprint density at radius 3 is 1.81 bits per heavy atom. The first-order valence-corrected chi connectivity index (χ1v) is 13.8. The average molecular weight is 535 g/mol. The Bertz CT molecular complexity index is 2430. The van der Waals surface area contributed by atoms with Crippen LogP contribution < -0.4 is 0 Å². The van der Waals surface area contributed by atoms with Crippen LogP contribution in [0.4, 0.5) is 0 Å². The number of nitrogens with zero attached hydrogens (tertiary/aromatic N) is 4. The quantitative estimate of drug-likeness (QED) is 0.227. The monoisotopic (exact) mass is 534 g/mol. The van der Waals surface area contributed by atoms with Crippen molar-refractivity contribution in [3.05, 3.63) is 145 Å². The predicted octanol–water partition coefficient (Wildman–Crippen LogP) is 9.29. The number of benzene rings is 6. The van der Waals surface area contributed by atoms with Gasteiger partial charge >= 0.3 is 0 Å². The molecule has 0 atom stereocenters. The van der Waals surface area contributed by atoms with E-state index in [9.17, 15) is 10.5 Å². The summed E-state index contributed by atoms with van der Waals surface area (Å²) in [4.78, 5) is 0. The van der Waals surface area contributed by atoms with Crippen LogP contribution in [-0.4, -0.2) is 9.13 Å². The van der Waals surface area contributed by atoms with Gasteiger partial charge in [-0.25, -0.2) is 0 Å². The maximum atomic E-state index is 9.91. The van der Waals surface area contributed by atoms with E-state index in [-0.39, 0.29) is 0 Å². The summed E-state index contributed by atoms with van der Waals surface area (Å²) in [6, 6.07) is 50.3. The van der Waals surface area contributed by atoms with Crippen LogP contribution in [0.25, 0.3) is 66.1 Å². The molecule has 0 fully saturated rings. The Kier molecular flexibility index (Phi) is 5.22. The van der Waals surface area contributed by atoms with Crippen LogP contribution in [0.5, 0.6) is 0 Å². The van der Waals surface area contributed by atoms with E-state index in [2.05, 4.69) is 118 Å². The summed E-state index contributed by atoms with van der Waals surface area (Å²) in [5.74, 6) is 0. The molecule has 4 heteroatoms. The van der Waals surface area contributed by atoms with Gasteiger partial charge in [0.15, 0.2) is 0 Å². The van der Waals surface area contributed by atoms with Crippen LogP contribution >= 0.6 is 0 Å². The summed E-state index contributed by atoms with van der Waals surface area (Å²) in [6.07, 6.45) is 0. The third-order valence-corrected chi connectivity index (χ3v) is 8.18. The zero-order valence-corrected chi connectivity index (χ0v) is 22.5. The second kappa shape index (κ2) is 9.24. The fourth-order valence-corrected chi connectivity index (χ4v) is 6.30. The predicted molar refractivity (Wildman–Crippen MR) is 170 cm³/mol. The number of aromatic nitrogens is 2. The smallest absolute Gasteiger partial charge is 0.101 e. The highest BCUT2D eigenvalue weighted by Crippen LogP contribution is 2.38. The first kappa shape index (κ1) is 23.8. The summed E-state index contributed by atoms with van der Waals surface area (Å²) >= 11 is 0. The van der Waals surface area contributed by atoms with E-state index in [4.69, 9.17) is 0 Å². The molecule has 4 nitrogen and oxygen atoms in total. The molecular weight excluding hydrogens is 512 g/mol. The van der Waals surface area contributed by atoms with Crippen LogP contribution in [0.3, 0.4) is 0 Å². The lowest BCUT2D eigenvalue weighted by Crippen LogP contribution is -1.98. The van der Waals surface area contributed by atoms with Crippen LogP contribution in [-0.2, 0) is 0 Å². The van der Waals surface area contributed by atoms with Crippen LogP contribution in [0.15, 0.2) is 133 Å². The van der Waals surface area contributed by atoms with Gasteiger partial charge in [-0.15, -0.1) is 0 Å². The molecule has 42 heavy (non-hydrogen) atoms. The Hall–Kier alpha value is -6.10. The number of hydrogen-bond acceptors (Lipinski definition) is 2. The van der Waals surface area contributed by atoms with Gasteiger partial charge in [0.25, 0.3) is 0 Å². The van der Waals surface area contributed by atoms with Crippen LogP contribution in [0.1, 0.15) is 11.1 Å². The highest BCUT2D eigenvalue weighted by Gasteiger charge is 2.17. The lowest BCUT2D eigenvalue weighted by molar-refractivity contribution is 1.16. The van der Waals surface area contributed by atoms with E-state index >= 15 is 0 Å². The minimum absolute atomic E-state index is 0.522. The summed E-state index contributed by atoms with van der Waals surface area (Å²) in [5, 5.41) is 24.1. The summed E-state index contributed by atoms with van der Waals surface area (Å²) < 4.78 is 4.44. The second-order valence-corrected chi connectivity index (χ2v) is 10.5. The highest BCUT2D eigenvalue weighted by molar-refractivity contribution is 6.12. The third-order valence-electron chi connectivity index (χ3n) is 8.18. The van der Waals surface area contributed by atoms with Crippen molar-refractivity contribution in [1.29, 1.82) is 10.5 Å². The molecule has 0 unspecified atom stereocenters. The minimum Gasteiger partial charge on any atom is -0.309 e. The molecule has 0 aliphatic heterocycles. The second-order valence-electron chi connectivity index (χ2n) is 10.5. The minimum atomic E-state index is 0.522. The normalized spacial score (nSPS) is 11.3. The molecule has 194 valence electrons. The fourth-order valence-electron chi connectivity index (χ4n) is 6.30.